The topological polar surface area (TPSA) is 46.5 Å². The van der Waals surface area contributed by atoms with Gasteiger partial charge in [-0.05, 0) is 36.2 Å². The lowest BCUT2D eigenvalue weighted by atomic mass is 9.96. The maximum absolute atomic E-state index is 13.2. The number of ether oxygens (including phenoxy) is 1. The summed E-state index contributed by atoms with van der Waals surface area (Å²) in [5.74, 6) is -2.49. The monoisotopic (exact) mass is 292 g/mol. The van der Waals surface area contributed by atoms with E-state index in [1.165, 1.54) is 36.4 Å². The predicted molar refractivity (Wildman–Crippen MR) is 73.3 cm³/mol. The second-order valence-corrected chi connectivity index (χ2v) is 4.54. The van der Waals surface area contributed by atoms with E-state index in [1.807, 2.05) is 0 Å². The second kappa shape index (κ2) is 6.83. The van der Waals surface area contributed by atoms with Gasteiger partial charge in [0.25, 0.3) is 0 Å². The molecule has 1 unspecified atom stereocenters. The first-order chi connectivity index (χ1) is 10.1. The standard InChI is InChI=1S/C16H14F2O3/c17-12-4-1-3-11(9-12)15(16(19)20)7-8-21-14-6-2-5-13(18)10-14/h1-6,9-10,15H,7-8H2,(H,19,20). The van der Waals surface area contributed by atoms with Crippen LogP contribution in [0.15, 0.2) is 48.5 Å². The average molecular weight is 292 g/mol. The fraction of sp³-hybridized carbons (Fsp3) is 0.188. The van der Waals surface area contributed by atoms with Gasteiger partial charge >= 0.3 is 5.97 Å². The van der Waals surface area contributed by atoms with Gasteiger partial charge in [0.15, 0.2) is 0 Å². The van der Waals surface area contributed by atoms with E-state index in [1.54, 1.807) is 12.1 Å². The quantitative estimate of drug-likeness (QED) is 0.884. The zero-order chi connectivity index (χ0) is 15.2. The molecule has 0 spiro atoms. The Morgan fingerprint density at radius 3 is 2.38 bits per heavy atom. The summed E-state index contributed by atoms with van der Waals surface area (Å²) in [6.45, 7) is 0.0942. The third-order valence-electron chi connectivity index (χ3n) is 3.02. The van der Waals surface area contributed by atoms with E-state index in [4.69, 9.17) is 4.74 Å². The van der Waals surface area contributed by atoms with Crippen molar-refractivity contribution in [1.29, 1.82) is 0 Å². The molecule has 0 fully saturated rings. The fourth-order valence-electron chi connectivity index (χ4n) is 2.01. The van der Waals surface area contributed by atoms with Gasteiger partial charge in [-0.3, -0.25) is 4.79 Å². The molecule has 0 bridgehead atoms. The highest BCUT2D eigenvalue weighted by Crippen LogP contribution is 2.22. The van der Waals surface area contributed by atoms with Gasteiger partial charge in [0.2, 0.25) is 0 Å². The van der Waals surface area contributed by atoms with Gasteiger partial charge in [-0.15, -0.1) is 0 Å². The van der Waals surface area contributed by atoms with Crippen molar-refractivity contribution in [2.75, 3.05) is 6.61 Å². The van der Waals surface area contributed by atoms with Crippen LogP contribution in [0.5, 0.6) is 5.75 Å². The Morgan fingerprint density at radius 2 is 1.76 bits per heavy atom. The molecule has 0 radical (unpaired) electrons. The van der Waals surface area contributed by atoms with Gasteiger partial charge in [0.1, 0.15) is 17.4 Å². The van der Waals surface area contributed by atoms with Crippen molar-refractivity contribution in [3.8, 4) is 5.75 Å². The Hall–Kier alpha value is -2.43. The lowest BCUT2D eigenvalue weighted by Crippen LogP contribution is -2.15. The average Bonchev–Trinajstić information content (AvgIpc) is 2.43. The van der Waals surface area contributed by atoms with Gasteiger partial charge in [-0.25, -0.2) is 8.78 Å². The molecule has 0 amide bonds. The summed E-state index contributed by atoms with van der Waals surface area (Å²) in [6, 6.07) is 11.1. The Labute approximate surface area is 120 Å². The van der Waals surface area contributed by atoms with E-state index >= 15 is 0 Å². The summed E-state index contributed by atoms with van der Waals surface area (Å²) in [7, 11) is 0. The van der Waals surface area contributed by atoms with Crippen LogP contribution in [0.3, 0.4) is 0 Å². The Balaban J connectivity index is 1.99. The first kappa shape index (κ1) is 15.0. The van der Waals surface area contributed by atoms with Gasteiger partial charge in [-0.1, -0.05) is 18.2 Å². The predicted octanol–water partition coefficient (Wildman–Crippen LogP) is 3.60. The van der Waals surface area contributed by atoms with Crippen molar-refractivity contribution in [3.63, 3.8) is 0 Å². The number of carbonyl (C=O) groups is 1. The maximum Gasteiger partial charge on any atom is 0.311 e. The Bertz CT molecular complexity index is 628. The molecule has 0 saturated heterocycles. The first-order valence-corrected chi connectivity index (χ1v) is 6.43. The normalized spacial score (nSPS) is 11.9. The summed E-state index contributed by atoms with van der Waals surface area (Å²) in [5, 5.41) is 9.22. The van der Waals surface area contributed by atoms with Crippen LogP contribution < -0.4 is 4.74 Å². The number of carboxylic acids is 1. The van der Waals surface area contributed by atoms with Crippen molar-refractivity contribution in [3.05, 3.63) is 65.7 Å². The summed E-state index contributed by atoms with van der Waals surface area (Å²) in [4.78, 5) is 11.3. The van der Waals surface area contributed by atoms with Crippen LogP contribution in [-0.4, -0.2) is 17.7 Å². The van der Waals surface area contributed by atoms with E-state index in [-0.39, 0.29) is 13.0 Å². The number of hydrogen-bond donors (Lipinski definition) is 1. The van der Waals surface area contributed by atoms with E-state index in [2.05, 4.69) is 0 Å². The van der Waals surface area contributed by atoms with Crippen LogP contribution in [-0.2, 0) is 4.79 Å². The molecule has 0 aliphatic rings. The molecule has 0 aromatic heterocycles. The Morgan fingerprint density at radius 1 is 1.10 bits per heavy atom. The molecule has 5 heteroatoms. The minimum atomic E-state index is -1.05. The van der Waals surface area contributed by atoms with Crippen LogP contribution in [0.1, 0.15) is 17.9 Å². The zero-order valence-corrected chi connectivity index (χ0v) is 11.1. The lowest BCUT2D eigenvalue weighted by molar-refractivity contribution is -0.139. The molecular formula is C16H14F2O3. The van der Waals surface area contributed by atoms with E-state index in [9.17, 15) is 18.7 Å². The van der Waals surface area contributed by atoms with E-state index in [0.29, 0.717) is 11.3 Å². The third-order valence-corrected chi connectivity index (χ3v) is 3.02. The molecule has 2 rings (SSSR count). The highest BCUT2D eigenvalue weighted by Gasteiger charge is 2.20. The minimum absolute atomic E-state index is 0.0942. The molecule has 21 heavy (non-hydrogen) atoms. The second-order valence-electron chi connectivity index (χ2n) is 4.54. The SMILES string of the molecule is O=C(O)C(CCOc1cccc(F)c1)c1cccc(F)c1. The number of aliphatic carboxylic acids is 1. The molecule has 2 aromatic rings. The summed E-state index contributed by atoms with van der Waals surface area (Å²) in [6.07, 6.45) is 0.162. The first-order valence-electron chi connectivity index (χ1n) is 6.43. The molecule has 2 aromatic carbocycles. The van der Waals surface area contributed by atoms with Crippen LogP contribution in [0.2, 0.25) is 0 Å². The summed E-state index contributed by atoms with van der Waals surface area (Å²) >= 11 is 0. The molecule has 0 aliphatic heterocycles. The third kappa shape index (κ3) is 4.27. The molecule has 0 heterocycles. The van der Waals surface area contributed by atoms with E-state index < -0.39 is 23.5 Å². The lowest BCUT2D eigenvalue weighted by Gasteiger charge is -2.13. The highest BCUT2D eigenvalue weighted by atomic mass is 19.1. The number of benzene rings is 2. The molecule has 0 saturated carbocycles. The van der Waals surface area contributed by atoms with Crippen molar-refractivity contribution in [1.82, 2.24) is 0 Å². The van der Waals surface area contributed by atoms with E-state index in [0.717, 1.165) is 0 Å². The van der Waals surface area contributed by atoms with Crippen molar-refractivity contribution in [2.24, 2.45) is 0 Å². The highest BCUT2D eigenvalue weighted by molar-refractivity contribution is 5.76. The molecular weight excluding hydrogens is 278 g/mol. The van der Waals surface area contributed by atoms with Crippen molar-refractivity contribution >= 4 is 5.97 Å². The van der Waals surface area contributed by atoms with Gasteiger partial charge in [0, 0.05) is 6.07 Å². The minimum Gasteiger partial charge on any atom is -0.493 e. The number of rotatable bonds is 6. The van der Waals surface area contributed by atoms with Gasteiger partial charge in [0.05, 0.1) is 12.5 Å². The summed E-state index contributed by atoms with van der Waals surface area (Å²) < 4.78 is 31.5. The van der Waals surface area contributed by atoms with Gasteiger partial charge < -0.3 is 9.84 Å². The van der Waals surface area contributed by atoms with Crippen LogP contribution in [0.4, 0.5) is 8.78 Å². The fourth-order valence-corrected chi connectivity index (χ4v) is 2.01. The Kier molecular flexibility index (Phi) is 4.87. The van der Waals surface area contributed by atoms with Crippen LogP contribution >= 0.6 is 0 Å². The number of hydrogen-bond acceptors (Lipinski definition) is 2. The summed E-state index contributed by atoms with van der Waals surface area (Å²) in [5.41, 5.74) is 0.380. The zero-order valence-electron chi connectivity index (χ0n) is 11.1. The van der Waals surface area contributed by atoms with Crippen LogP contribution in [0.25, 0.3) is 0 Å². The molecule has 3 nitrogen and oxygen atoms in total. The largest absolute Gasteiger partial charge is 0.493 e. The molecule has 1 N–H and O–H groups in total. The van der Waals surface area contributed by atoms with Crippen molar-refractivity contribution < 1.29 is 23.4 Å². The molecule has 1 atom stereocenters. The molecule has 0 aliphatic carbocycles. The number of halogens is 2. The number of carboxylic acid groups (broad SMARTS) is 1. The maximum atomic E-state index is 13.2. The van der Waals surface area contributed by atoms with Gasteiger partial charge in [-0.2, -0.15) is 0 Å². The van der Waals surface area contributed by atoms with Crippen molar-refractivity contribution in [2.45, 2.75) is 12.3 Å². The van der Waals surface area contributed by atoms with Crippen LogP contribution in [0, 0.1) is 11.6 Å². The smallest absolute Gasteiger partial charge is 0.311 e. The molecule has 110 valence electrons.